The lowest BCUT2D eigenvalue weighted by molar-refractivity contribution is -0.143. The van der Waals surface area contributed by atoms with Crippen LogP contribution in [0.1, 0.15) is 25.7 Å². The van der Waals surface area contributed by atoms with E-state index in [2.05, 4.69) is 0 Å². The lowest BCUT2D eigenvalue weighted by Gasteiger charge is -2.27. The van der Waals surface area contributed by atoms with Gasteiger partial charge in [-0.25, -0.2) is 0 Å². The largest absolute Gasteiger partial charge is 0.508 e. The van der Waals surface area contributed by atoms with Crippen molar-refractivity contribution in [2.75, 3.05) is 0 Å². The molecule has 0 saturated heterocycles. The molecule has 4 nitrogen and oxygen atoms in total. The highest BCUT2D eigenvalue weighted by molar-refractivity contribution is 5.70. The third-order valence-corrected chi connectivity index (χ3v) is 3.10. The van der Waals surface area contributed by atoms with E-state index in [4.69, 9.17) is 9.84 Å². The number of hydrogen-bond acceptors (Lipinski definition) is 3. The molecule has 2 N–H and O–H groups in total. The van der Waals surface area contributed by atoms with Crippen molar-refractivity contribution in [2.45, 2.75) is 31.8 Å². The fourth-order valence-corrected chi connectivity index (χ4v) is 2.23. The molecule has 1 saturated carbocycles. The summed E-state index contributed by atoms with van der Waals surface area (Å²) >= 11 is 0. The Morgan fingerprint density at radius 3 is 2.88 bits per heavy atom. The van der Waals surface area contributed by atoms with Gasteiger partial charge >= 0.3 is 5.97 Å². The summed E-state index contributed by atoms with van der Waals surface area (Å²) < 4.78 is 5.69. The number of carboxylic acids is 1. The molecular formula is C13H16O4. The number of hydrogen-bond donors (Lipinski definition) is 2. The van der Waals surface area contributed by atoms with Gasteiger partial charge in [-0.15, -0.1) is 0 Å². The molecule has 4 heteroatoms. The summed E-state index contributed by atoms with van der Waals surface area (Å²) in [5, 5.41) is 18.3. The number of aliphatic carboxylic acids is 1. The van der Waals surface area contributed by atoms with Gasteiger partial charge in [0.25, 0.3) is 0 Å². The average molecular weight is 236 g/mol. The zero-order chi connectivity index (χ0) is 12.3. The Balaban J connectivity index is 1.97. The van der Waals surface area contributed by atoms with Crippen LogP contribution < -0.4 is 4.74 Å². The van der Waals surface area contributed by atoms with Crippen LogP contribution in [0.15, 0.2) is 24.3 Å². The van der Waals surface area contributed by atoms with E-state index in [1.165, 1.54) is 0 Å². The molecule has 0 heterocycles. The minimum absolute atomic E-state index is 0.0633. The number of carboxylic acid groups (broad SMARTS) is 1. The third-order valence-electron chi connectivity index (χ3n) is 3.10. The molecular weight excluding hydrogens is 220 g/mol. The van der Waals surface area contributed by atoms with Crippen LogP contribution in [0.2, 0.25) is 0 Å². The molecule has 0 aliphatic heterocycles. The van der Waals surface area contributed by atoms with Gasteiger partial charge in [-0.3, -0.25) is 4.79 Å². The molecule has 1 aromatic carbocycles. The van der Waals surface area contributed by atoms with Crippen LogP contribution in [-0.4, -0.2) is 22.3 Å². The minimum atomic E-state index is -0.741. The van der Waals surface area contributed by atoms with E-state index in [0.29, 0.717) is 12.2 Å². The van der Waals surface area contributed by atoms with Gasteiger partial charge in [-0.05, 0) is 37.8 Å². The van der Waals surface area contributed by atoms with Crippen molar-refractivity contribution in [3.8, 4) is 11.5 Å². The van der Waals surface area contributed by atoms with Crippen LogP contribution in [0.5, 0.6) is 11.5 Å². The van der Waals surface area contributed by atoms with E-state index in [-0.39, 0.29) is 17.8 Å². The van der Waals surface area contributed by atoms with Crippen molar-refractivity contribution in [1.29, 1.82) is 0 Å². The fourth-order valence-electron chi connectivity index (χ4n) is 2.23. The first kappa shape index (κ1) is 11.8. The highest BCUT2D eigenvalue weighted by Crippen LogP contribution is 2.29. The molecule has 2 atom stereocenters. The number of benzene rings is 1. The lowest BCUT2D eigenvalue weighted by Crippen LogP contribution is -2.29. The second-order valence-corrected chi connectivity index (χ2v) is 4.44. The predicted octanol–water partition coefficient (Wildman–Crippen LogP) is 2.41. The van der Waals surface area contributed by atoms with Gasteiger partial charge in [-0.2, -0.15) is 0 Å². The number of ether oxygens (including phenoxy) is 1. The Hall–Kier alpha value is -1.71. The minimum Gasteiger partial charge on any atom is -0.508 e. The fraction of sp³-hybridized carbons (Fsp3) is 0.462. The Bertz CT molecular complexity index is 402. The number of carbonyl (C=O) groups is 1. The van der Waals surface area contributed by atoms with Crippen molar-refractivity contribution in [2.24, 2.45) is 5.92 Å². The average Bonchev–Trinajstić information content (AvgIpc) is 2.29. The topological polar surface area (TPSA) is 66.8 Å². The van der Waals surface area contributed by atoms with Crippen molar-refractivity contribution >= 4 is 5.97 Å². The summed E-state index contributed by atoms with van der Waals surface area (Å²) in [6, 6.07) is 6.60. The van der Waals surface area contributed by atoms with Crippen LogP contribution >= 0.6 is 0 Å². The molecule has 1 aromatic rings. The summed E-state index contributed by atoms with van der Waals surface area (Å²) in [4.78, 5) is 10.9. The lowest BCUT2D eigenvalue weighted by atomic mass is 9.87. The molecule has 17 heavy (non-hydrogen) atoms. The summed E-state index contributed by atoms with van der Waals surface area (Å²) in [5.74, 6) is -0.283. The highest BCUT2D eigenvalue weighted by Gasteiger charge is 2.28. The van der Waals surface area contributed by atoms with Crippen LogP contribution in [0, 0.1) is 5.92 Å². The molecule has 1 aliphatic carbocycles. The number of rotatable bonds is 3. The first-order valence-electron chi connectivity index (χ1n) is 5.83. The van der Waals surface area contributed by atoms with Crippen molar-refractivity contribution in [3.63, 3.8) is 0 Å². The van der Waals surface area contributed by atoms with Gasteiger partial charge < -0.3 is 14.9 Å². The summed E-state index contributed by atoms with van der Waals surface area (Å²) in [6.45, 7) is 0. The monoisotopic (exact) mass is 236 g/mol. The molecule has 2 unspecified atom stereocenters. The molecule has 92 valence electrons. The third kappa shape index (κ3) is 3.12. The van der Waals surface area contributed by atoms with Gasteiger partial charge in [0, 0.05) is 6.07 Å². The van der Waals surface area contributed by atoms with Gasteiger partial charge in [0.2, 0.25) is 0 Å². The Labute approximate surface area is 99.8 Å². The number of aromatic hydroxyl groups is 1. The van der Waals surface area contributed by atoms with Crippen molar-refractivity contribution < 1.29 is 19.7 Å². The molecule has 1 aliphatic rings. The van der Waals surface area contributed by atoms with Crippen LogP contribution in [-0.2, 0) is 4.79 Å². The smallest absolute Gasteiger partial charge is 0.306 e. The Morgan fingerprint density at radius 1 is 1.35 bits per heavy atom. The van der Waals surface area contributed by atoms with Gasteiger partial charge in [-0.1, -0.05) is 6.07 Å². The first-order chi connectivity index (χ1) is 8.15. The summed E-state index contributed by atoms with van der Waals surface area (Å²) in [6.07, 6.45) is 2.96. The second-order valence-electron chi connectivity index (χ2n) is 4.44. The summed E-state index contributed by atoms with van der Waals surface area (Å²) in [5.41, 5.74) is 0. The Morgan fingerprint density at radius 2 is 2.18 bits per heavy atom. The van der Waals surface area contributed by atoms with E-state index in [1.54, 1.807) is 24.3 Å². The second kappa shape index (κ2) is 5.08. The van der Waals surface area contributed by atoms with Crippen LogP contribution in [0.25, 0.3) is 0 Å². The van der Waals surface area contributed by atoms with Crippen molar-refractivity contribution in [1.82, 2.24) is 0 Å². The maximum absolute atomic E-state index is 10.9. The molecule has 1 fully saturated rings. The van der Waals surface area contributed by atoms with E-state index in [0.717, 1.165) is 19.3 Å². The number of phenolic OH excluding ortho intramolecular Hbond substituents is 1. The normalized spacial score (nSPS) is 24.2. The van der Waals surface area contributed by atoms with Gasteiger partial charge in [0.1, 0.15) is 11.5 Å². The molecule has 0 radical (unpaired) electrons. The molecule has 0 aromatic heterocycles. The molecule has 0 bridgehead atoms. The zero-order valence-electron chi connectivity index (χ0n) is 9.50. The number of phenols is 1. The van der Waals surface area contributed by atoms with Crippen LogP contribution in [0.3, 0.4) is 0 Å². The predicted molar refractivity (Wildman–Crippen MR) is 62.1 cm³/mol. The summed E-state index contributed by atoms with van der Waals surface area (Å²) in [7, 11) is 0. The highest BCUT2D eigenvalue weighted by atomic mass is 16.5. The molecule has 0 spiro atoms. The standard InChI is InChI=1S/C13H16O4/c14-10-4-2-6-12(8-10)17-11-5-1-3-9(7-11)13(15)16/h2,4,6,8-9,11,14H,1,3,5,7H2,(H,15,16). The first-order valence-corrected chi connectivity index (χ1v) is 5.83. The Kier molecular flexibility index (Phi) is 3.52. The van der Waals surface area contributed by atoms with Gasteiger partial charge in [0.05, 0.1) is 12.0 Å². The van der Waals surface area contributed by atoms with E-state index in [9.17, 15) is 9.90 Å². The van der Waals surface area contributed by atoms with E-state index in [1.807, 2.05) is 0 Å². The van der Waals surface area contributed by atoms with Crippen molar-refractivity contribution in [3.05, 3.63) is 24.3 Å². The quantitative estimate of drug-likeness (QED) is 0.845. The SMILES string of the molecule is O=C(O)C1CCCC(Oc2cccc(O)c2)C1. The maximum atomic E-state index is 10.9. The zero-order valence-corrected chi connectivity index (χ0v) is 9.50. The maximum Gasteiger partial charge on any atom is 0.306 e. The van der Waals surface area contributed by atoms with E-state index >= 15 is 0 Å². The van der Waals surface area contributed by atoms with Crippen LogP contribution in [0.4, 0.5) is 0 Å². The molecule has 0 amide bonds. The van der Waals surface area contributed by atoms with E-state index < -0.39 is 5.97 Å². The van der Waals surface area contributed by atoms with Gasteiger partial charge in [0.15, 0.2) is 0 Å². The molecule has 2 rings (SSSR count).